The molecular formula is C22H32N3PS. The van der Waals surface area contributed by atoms with Crippen molar-refractivity contribution in [1.82, 2.24) is 9.55 Å². The number of terminal acetylenes is 1. The van der Waals surface area contributed by atoms with Crippen LogP contribution in [0.15, 0.2) is 48.5 Å². The Balaban J connectivity index is 0.000000860. The smallest absolute Gasteiger partial charge is 0.107 e. The van der Waals surface area contributed by atoms with Crippen LogP contribution < -0.4 is 5.14 Å². The molecule has 1 unspecified atom stereocenters. The molecular weight excluding hydrogens is 369 g/mol. The Hall–Kier alpha value is -1.79. The van der Waals surface area contributed by atoms with Crippen LogP contribution in [0.2, 0.25) is 0 Å². The van der Waals surface area contributed by atoms with E-state index in [0.717, 1.165) is 17.9 Å². The van der Waals surface area contributed by atoms with Crippen molar-refractivity contribution in [3.8, 4) is 12.8 Å². The molecule has 27 heavy (non-hydrogen) atoms. The van der Waals surface area contributed by atoms with Crippen molar-refractivity contribution in [1.29, 1.82) is 0 Å². The molecule has 0 bridgehead atoms. The van der Waals surface area contributed by atoms with Crippen molar-refractivity contribution < 1.29 is 0 Å². The van der Waals surface area contributed by atoms with Gasteiger partial charge in [0.1, 0.15) is 5.82 Å². The van der Waals surface area contributed by atoms with Crippen molar-refractivity contribution in [3.63, 3.8) is 0 Å². The van der Waals surface area contributed by atoms with E-state index in [1.54, 1.807) is 0 Å². The number of rotatable bonds is 3. The molecule has 1 aromatic heterocycles. The van der Waals surface area contributed by atoms with E-state index in [0.29, 0.717) is 5.92 Å². The Morgan fingerprint density at radius 2 is 1.59 bits per heavy atom. The number of imidazole rings is 1. The molecule has 0 fully saturated rings. The fourth-order valence-corrected chi connectivity index (χ4v) is 2.59. The van der Waals surface area contributed by atoms with Gasteiger partial charge in [-0.2, -0.15) is 0 Å². The SMILES string of the molecule is C#C.CCP.Cc1nc2ccccc2n1Cc1ccc(C(C)C)cc1.NS. The summed E-state index contributed by atoms with van der Waals surface area (Å²) in [6.07, 6.45) is 9.17. The molecule has 0 saturated carbocycles. The fourth-order valence-electron chi connectivity index (χ4n) is 2.59. The van der Waals surface area contributed by atoms with Gasteiger partial charge in [0.2, 0.25) is 0 Å². The Morgan fingerprint density at radius 3 is 2.11 bits per heavy atom. The minimum Gasteiger partial charge on any atom is -0.324 e. The van der Waals surface area contributed by atoms with Gasteiger partial charge in [0.25, 0.3) is 0 Å². The van der Waals surface area contributed by atoms with Gasteiger partial charge in [-0.25, -0.2) is 4.98 Å². The van der Waals surface area contributed by atoms with Crippen molar-refractivity contribution in [2.75, 3.05) is 6.16 Å². The molecule has 0 aliphatic carbocycles. The summed E-state index contributed by atoms with van der Waals surface area (Å²) in [6, 6.07) is 17.2. The number of nitrogens with zero attached hydrogens (tertiary/aromatic N) is 2. The summed E-state index contributed by atoms with van der Waals surface area (Å²) in [5, 5.41) is 4.19. The number of hydrogen-bond donors (Lipinski definition) is 2. The van der Waals surface area contributed by atoms with Crippen LogP contribution in [0.25, 0.3) is 11.0 Å². The number of aryl methyl sites for hydroxylation is 1. The molecule has 2 N–H and O–H groups in total. The Labute approximate surface area is 172 Å². The predicted molar refractivity (Wildman–Crippen MR) is 127 cm³/mol. The molecule has 3 rings (SSSR count). The third kappa shape index (κ3) is 7.77. The number of benzene rings is 2. The first kappa shape index (κ1) is 25.2. The molecule has 3 aromatic rings. The van der Waals surface area contributed by atoms with Crippen LogP contribution in [-0.2, 0) is 6.54 Å². The highest BCUT2D eigenvalue weighted by Gasteiger charge is 2.07. The maximum atomic E-state index is 4.62. The molecule has 0 radical (unpaired) electrons. The average Bonchev–Trinajstić information content (AvgIpc) is 3.01. The molecule has 0 aliphatic heterocycles. The van der Waals surface area contributed by atoms with Crippen LogP contribution in [0.1, 0.15) is 43.6 Å². The molecule has 5 heteroatoms. The van der Waals surface area contributed by atoms with Crippen molar-refractivity contribution in [2.45, 2.75) is 40.2 Å². The number of fused-ring (bicyclic) bond motifs is 1. The number of hydrogen-bond acceptors (Lipinski definition) is 3. The molecule has 0 amide bonds. The van der Waals surface area contributed by atoms with Crippen LogP contribution in [0.3, 0.4) is 0 Å². The standard InChI is InChI=1S/C18H20N2.C2H7P.C2H2.H3NS/c1-13(2)16-10-8-15(9-11-16)12-20-14(3)19-17-6-4-5-7-18(17)20;1-2-3;2*1-2/h4-11,13H,12H2,1-3H3;2-3H2,1H3;1-2H;2H,1H2. The highest BCUT2D eigenvalue weighted by Crippen LogP contribution is 2.19. The largest absolute Gasteiger partial charge is 0.324 e. The maximum absolute atomic E-state index is 4.62. The molecule has 0 aliphatic rings. The fraction of sp³-hybridized carbons (Fsp3) is 0.318. The summed E-state index contributed by atoms with van der Waals surface area (Å²) in [5.74, 6) is 1.65. The summed E-state index contributed by atoms with van der Waals surface area (Å²) >= 11 is 3.03. The first-order valence-electron chi connectivity index (χ1n) is 8.86. The molecule has 0 spiro atoms. The van der Waals surface area contributed by atoms with Gasteiger partial charge in [-0.05, 0) is 42.3 Å². The molecule has 2 aromatic carbocycles. The number of nitrogens with two attached hydrogens (primary N) is 1. The van der Waals surface area contributed by atoms with Crippen LogP contribution in [0.5, 0.6) is 0 Å². The van der Waals surface area contributed by atoms with E-state index in [1.807, 2.05) is 6.07 Å². The summed E-state index contributed by atoms with van der Waals surface area (Å²) in [7, 11) is 2.58. The lowest BCUT2D eigenvalue weighted by Crippen LogP contribution is -2.02. The third-order valence-corrected chi connectivity index (χ3v) is 3.83. The van der Waals surface area contributed by atoms with Gasteiger partial charge < -0.3 is 4.57 Å². The van der Waals surface area contributed by atoms with Gasteiger partial charge in [-0.15, -0.1) is 34.9 Å². The molecule has 3 nitrogen and oxygen atoms in total. The summed E-state index contributed by atoms with van der Waals surface area (Å²) in [5.41, 5.74) is 4.99. The third-order valence-electron chi connectivity index (χ3n) is 3.83. The van der Waals surface area contributed by atoms with E-state index < -0.39 is 0 Å². The second-order valence-corrected chi connectivity index (χ2v) is 6.85. The first-order valence-corrected chi connectivity index (χ1v) is 10.2. The predicted octanol–water partition coefficient (Wildman–Crippen LogP) is 5.44. The zero-order chi connectivity index (χ0) is 20.8. The van der Waals surface area contributed by atoms with Gasteiger partial charge in [0, 0.05) is 6.54 Å². The number of para-hydroxylation sites is 2. The highest BCUT2D eigenvalue weighted by molar-refractivity contribution is 7.77. The molecule has 0 saturated heterocycles. The minimum atomic E-state index is 0.583. The maximum Gasteiger partial charge on any atom is 0.107 e. The van der Waals surface area contributed by atoms with Gasteiger partial charge in [0.15, 0.2) is 0 Å². The molecule has 1 atom stereocenters. The second kappa shape index (κ2) is 14.3. The van der Waals surface area contributed by atoms with E-state index in [-0.39, 0.29) is 0 Å². The molecule has 1 heterocycles. The minimum absolute atomic E-state index is 0.583. The van der Waals surface area contributed by atoms with Crippen LogP contribution in [-0.4, -0.2) is 15.7 Å². The van der Waals surface area contributed by atoms with Gasteiger partial charge in [-0.3, -0.25) is 5.14 Å². The van der Waals surface area contributed by atoms with Crippen LogP contribution >= 0.6 is 22.1 Å². The van der Waals surface area contributed by atoms with E-state index in [1.165, 1.54) is 22.8 Å². The Morgan fingerprint density at radius 1 is 1.07 bits per heavy atom. The number of aromatic nitrogens is 2. The van der Waals surface area contributed by atoms with E-state index in [4.69, 9.17) is 0 Å². The van der Waals surface area contributed by atoms with Crippen molar-refractivity contribution in [3.05, 3.63) is 65.5 Å². The lowest BCUT2D eigenvalue weighted by molar-refractivity contribution is 0.783. The van der Waals surface area contributed by atoms with Crippen molar-refractivity contribution in [2.24, 2.45) is 5.14 Å². The van der Waals surface area contributed by atoms with Gasteiger partial charge >= 0.3 is 0 Å². The highest BCUT2D eigenvalue weighted by atomic mass is 32.1. The van der Waals surface area contributed by atoms with Gasteiger partial charge in [-0.1, -0.05) is 57.2 Å². The lowest BCUT2D eigenvalue weighted by atomic mass is 10.0. The zero-order valence-electron chi connectivity index (χ0n) is 16.8. The lowest BCUT2D eigenvalue weighted by Gasteiger charge is -2.09. The Kier molecular flexibility index (Phi) is 13.3. The van der Waals surface area contributed by atoms with E-state index in [2.05, 4.69) is 120 Å². The Bertz CT molecular complexity index is 792. The van der Waals surface area contributed by atoms with E-state index >= 15 is 0 Å². The molecule has 146 valence electrons. The van der Waals surface area contributed by atoms with E-state index in [9.17, 15) is 0 Å². The first-order chi connectivity index (χ1) is 13.1. The quantitative estimate of drug-likeness (QED) is 0.349. The van der Waals surface area contributed by atoms with Crippen LogP contribution in [0, 0.1) is 19.8 Å². The van der Waals surface area contributed by atoms with Crippen LogP contribution in [0.4, 0.5) is 0 Å². The normalized spacial score (nSPS) is 9.41. The van der Waals surface area contributed by atoms with Crippen molar-refractivity contribution >= 4 is 33.1 Å². The zero-order valence-corrected chi connectivity index (χ0v) is 18.8. The summed E-state index contributed by atoms with van der Waals surface area (Å²) in [4.78, 5) is 4.62. The summed E-state index contributed by atoms with van der Waals surface area (Å²) < 4.78 is 2.28. The second-order valence-electron chi connectivity index (χ2n) is 6.04. The number of thiol groups is 1. The van der Waals surface area contributed by atoms with Gasteiger partial charge in [0.05, 0.1) is 11.0 Å². The average molecular weight is 402 g/mol. The monoisotopic (exact) mass is 401 g/mol. The summed E-state index contributed by atoms with van der Waals surface area (Å²) in [6.45, 7) is 9.49. The topological polar surface area (TPSA) is 43.8 Å².